The summed E-state index contributed by atoms with van der Waals surface area (Å²) in [6, 6.07) is 5.93. The van der Waals surface area contributed by atoms with E-state index in [9.17, 15) is 18.0 Å². The number of amides is 1. The van der Waals surface area contributed by atoms with E-state index in [2.05, 4.69) is 5.32 Å². The molecule has 0 saturated carbocycles. The molecule has 1 amide bonds. The van der Waals surface area contributed by atoms with Gasteiger partial charge in [-0.3, -0.25) is 9.59 Å². The molecule has 8 heteroatoms. The average Bonchev–Trinajstić information content (AvgIpc) is 2.62. The quantitative estimate of drug-likeness (QED) is 0.603. The number of carbonyl (C=O) groups excluding carboxylic acids is 2. The van der Waals surface area contributed by atoms with Gasteiger partial charge in [0.05, 0.1) is 10.8 Å². The molecular formula is C18H24N2O5S. The SMILES string of the molecule is CC(OC(=O)C1CC=CCC1)C(=O)Nc1cccc(S(=O)(=O)N(C)C)c1. The third-order valence-corrected chi connectivity index (χ3v) is 5.96. The fourth-order valence-electron chi connectivity index (χ4n) is 2.52. The van der Waals surface area contributed by atoms with Crippen LogP contribution in [0.2, 0.25) is 0 Å². The van der Waals surface area contributed by atoms with E-state index >= 15 is 0 Å². The number of nitrogens with one attached hydrogen (secondary N) is 1. The number of hydrogen-bond donors (Lipinski definition) is 1. The Labute approximate surface area is 154 Å². The average molecular weight is 380 g/mol. The van der Waals surface area contributed by atoms with Gasteiger partial charge in [-0.05, 0) is 44.4 Å². The lowest BCUT2D eigenvalue weighted by Crippen LogP contribution is -2.32. The van der Waals surface area contributed by atoms with Gasteiger partial charge in [0.25, 0.3) is 5.91 Å². The summed E-state index contributed by atoms with van der Waals surface area (Å²) in [5.41, 5.74) is 0.321. The summed E-state index contributed by atoms with van der Waals surface area (Å²) in [7, 11) is -0.733. The summed E-state index contributed by atoms with van der Waals surface area (Å²) in [6.45, 7) is 1.49. The van der Waals surface area contributed by atoms with Crippen molar-refractivity contribution in [3.63, 3.8) is 0 Å². The van der Waals surface area contributed by atoms with E-state index in [1.165, 1.54) is 39.2 Å². The van der Waals surface area contributed by atoms with E-state index in [0.717, 1.165) is 10.7 Å². The minimum atomic E-state index is -3.60. The zero-order valence-corrected chi connectivity index (χ0v) is 16.0. The first-order chi connectivity index (χ1) is 12.2. The molecule has 0 aromatic heterocycles. The standard InChI is InChI=1S/C18H24N2O5S/c1-13(25-18(22)14-8-5-4-6-9-14)17(21)19-15-10-7-11-16(12-15)26(23,24)20(2)3/h4-5,7,10-14H,6,8-9H2,1-3H3,(H,19,21). The molecule has 142 valence electrons. The van der Waals surface area contributed by atoms with Crippen LogP contribution in [0.25, 0.3) is 0 Å². The topological polar surface area (TPSA) is 92.8 Å². The van der Waals surface area contributed by atoms with Crippen LogP contribution in [0.3, 0.4) is 0 Å². The molecule has 1 aromatic rings. The first-order valence-electron chi connectivity index (χ1n) is 8.40. The van der Waals surface area contributed by atoms with Crippen molar-refractivity contribution in [3.8, 4) is 0 Å². The van der Waals surface area contributed by atoms with Gasteiger partial charge in [-0.2, -0.15) is 0 Å². The molecule has 0 heterocycles. The number of nitrogens with zero attached hydrogens (tertiary/aromatic N) is 1. The zero-order chi connectivity index (χ0) is 19.3. The minimum Gasteiger partial charge on any atom is -0.452 e. The summed E-state index contributed by atoms with van der Waals surface area (Å²) in [6.07, 6.45) is 5.16. The van der Waals surface area contributed by atoms with Crippen molar-refractivity contribution in [2.75, 3.05) is 19.4 Å². The lowest BCUT2D eigenvalue weighted by atomic mass is 9.95. The highest BCUT2D eigenvalue weighted by Gasteiger charge is 2.25. The molecule has 0 spiro atoms. The lowest BCUT2D eigenvalue weighted by molar-refractivity contribution is -0.157. The Hall–Kier alpha value is -2.19. The molecule has 1 N–H and O–H groups in total. The van der Waals surface area contributed by atoms with Gasteiger partial charge in [0.1, 0.15) is 0 Å². The number of esters is 1. The van der Waals surface area contributed by atoms with Gasteiger partial charge in [0.15, 0.2) is 6.10 Å². The van der Waals surface area contributed by atoms with Crippen LogP contribution in [0.4, 0.5) is 5.69 Å². The van der Waals surface area contributed by atoms with Crippen LogP contribution < -0.4 is 5.32 Å². The lowest BCUT2D eigenvalue weighted by Gasteiger charge is -2.20. The third-order valence-electron chi connectivity index (χ3n) is 4.14. The summed E-state index contributed by atoms with van der Waals surface area (Å²) < 4.78 is 30.7. The van der Waals surface area contributed by atoms with Crippen molar-refractivity contribution in [2.45, 2.75) is 37.2 Å². The van der Waals surface area contributed by atoms with Crippen LogP contribution in [0, 0.1) is 5.92 Å². The highest BCUT2D eigenvalue weighted by atomic mass is 32.2. The van der Waals surface area contributed by atoms with Crippen molar-refractivity contribution in [2.24, 2.45) is 5.92 Å². The second-order valence-electron chi connectivity index (χ2n) is 6.37. The molecule has 2 atom stereocenters. The number of rotatable bonds is 6. The molecule has 1 aliphatic carbocycles. The zero-order valence-electron chi connectivity index (χ0n) is 15.1. The number of benzene rings is 1. The van der Waals surface area contributed by atoms with Crippen molar-refractivity contribution in [1.82, 2.24) is 4.31 Å². The largest absolute Gasteiger partial charge is 0.452 e. The van der Waals surface area contributed by atoms with Crippen molar-refractivity contribution < 1.29 is 22.7 Å². The van der Waals surface area contributed by atoms with E-state index in [4.69, 9.17) is 4.74 Å². The third kappa shape index (κ3) is 4.92. The molecule has 0 aliphatic heterocycles. The van der Waals surface area contributed by atoms with Gasteiger partial charge in [-0.15, -0.1) is 0 Å². The summed E-state index contributed by atoms with van der Waals surface area (Å²) in [4.78, 5) is 24.4. The Morgan fingerprint density at radius 3 is 2.62 bits per heavy atom. The highest BCUT2D eigenvalue weighted by molar-refractivity contribution is 7.89. The Kier molecular flexibility index (Phi) is 6.55. The molecule has 0 fully saturated rings. The van der Waals surface area contributed by atoms with Crippen molar-refractivity contribution in [1.29, 1.82) is 0 Å². The number of anilines is 1. The summed E-state index contributed by atoms with van der Waals surface area (Å²) in [5, 5.41) is 2.59. The van der Waals surface area contributed by atoms with Gasteiger partial charge in [-0.1, -0.05) is 18.2 Å². The van der Waals surface area contributed by atoms with Gasteiger partial charge in [0.2, 0.25) is 10.0 Å². The normalized spacial score (nSPS) is 18.4. The maximum atomic E-state index is 12.3. The second kappa shape index (κ2) is 8.46. The van der Waals surface area contributed by atoms with Gasteiger partial charge in [0, 0.05) is 19.8 Å². The highest BCUT2D eigenvalue weighted by Crippen LogP contribution is 2.21. The smallest absolute Gasteiger partial charge is 0.310 e. The Morgan fingerprint density at radius 2 is 2.00 bits per heavy atom. The summed E-state index contributed by atoms with van der Waals surface area (Å²) in [5.74, 6) is -1.12. The van der Waals surface area contributed by atoms with Crippen molar-refractivity contribution in [3.05, 3.63) is 36.4 Å². The molecule has 26 heavy (non-hydrogen) atoms. The van der Waals surface area contributed by atoms with Crippen LogP contribution >= 0.6 is 0 Å². The van der Waals surface area contributed by atoms with Crippen LogP contribution in [-0.4, -0.2) is 44.8 Å². The summed E-state index contributed by atoms with van der Waals surface area (Å²) >= 11 is 0. The van der Waals surface area contributed by atoms with Crippen LogP contribution in [0.1, 0.15) is 26.2 Å². The molecule has 2 unspecified atom stereocenters. The van der Waals surface area contributed by atoms with Crippen LogP contribution in [-0.2, 0) is 24.3 Å². The Bertz CT molecular complexity index is 802. The first kappa shape index (κ1) is 20.1. The van der Waals surface area contributed by atoms with E-state index < -0.39 is 22.0 Å². The van der Waals surface area contributed by atoms with E-state index in [1.54, 1.807) is 6.07 Å². The fourth-order valence-corrected chi connectivity index (χ4v) is 3.47. The van der Waals surface area contributed by atoms with E-state index in [0.29, 0.717) is 18.5 Å². The molecule has 0 bridgehead atoms. The molecular weight excluding hydrogens is 356 g/mol. The van der Waals surface area contributed by atoms with E-state index in [-0.39, 0.29) is 16.8 Å². The predicted octanol–water partition coefficient (Wildman–Crippen LogP) is 2.16. The monoisotopic (exact) mass is 380 g/mol. The number of sulfonamides is 1. The maximum absolute atomic E-state index is 12.3. The maximum Gasteiger partial charge on any atom is 0.310 e. The van der Waals surface area contributed by atoms with Gasteiger partial charge >= 0.3 is 5.97 Å². The minimum absolute atomic E-state index is 0.0685. The second-order valence-corrected chi connectivity index (χ2v) is 8.52. The molecule has 2 rings (SSSR count). The molecule has 0 radical (unpaired) electrons. The molecule has 1 aromatic carbocycles. The Morgan fingerprint density at radius 1 is 1.27 bits per heavy atom. The van der Waals surface area contributed by atoms with Crippen molar-refractivity contribution >= 4 is 27.6 Å². The van der Waals surface area contributed by atoms with Gasteiger partial charge in [-0.25, -0.2) is 12.7 Å². The van der Waals surface area contributed by atoms with Crippen LogP contribution in [0.5, 0.6) is 0 Å². The molecule has 7 nitrogen and oxygen atoms in total. The Balaban J connectivity index is 2.00. The predicted molar refractivity (Wildman–Crippen MR) is 98.0 cm³/mol. The van der Waals surface area contributed by atoms with E-state index in [1.807, 2.05) is 12.2 Å². The van der Waals surface area contributed by atoms with Gasteiger partial charge < -0.3 is 10.1 Å². The van der Waals surface area contributed by atoms with Crippen LogP contribution in [0.15, 0.2) is 41.3 Å². The fraction of sp³-hybridized carbons (Fsp3) is 0.444. The number of allylic oxidation sites excluding steroid dienone is 2. The number of ether oxygens (including phenoxy) is 1. The first-order valence-corrected chi connectivity index (χ1v) is 9.84. The number of carbonyl (C=O) groups is 2. The molecule has 1 aliphatic rings. The number of hydrogen-bond acceptors (Lipinski definition) is 5. The molecule has 0 saturated heterocycles.